The van der Waals surface area contributed by atoms with Gasteiger partial charge in [-0.1, -0.05) is 11.6 Å². The van der Waals surface area contributed by atoms with Crippen LogP contribution in [0.25, 0.3) is 11.3 Å². The van der Waals surface area contributed by atoms with Gasteiger partial charge in [0, 0.05) is 29.5 Å². The molecule has 2 fully saturated rings. The van der Waals surface area contributed by atoms with Crippen LogP contribution < -0.4 is 21.1 Å². The van der Waals surface area contributed by atoms with Crippen molar-refractivity contribution in [1.29, 1.82) is 5.41 Å². The fourth-order valence-corrected chi connectivity index (χ4v) is 5.90. The molecule has 0 bridgehead atoms. The quantitative estimate of drug-likeness (QED) is 0.265. The smallest absolute Gasteiger partial charge is 0.424 e. The number of carbonyl (C=O) groups is 2. The number of ether oxygens (including phenoxy) is 1. The van der Waals surface area contributed by atoms with E-state index >= 15 is 0 Å². The summed E-state index contributed by atoms with van der Waals surface area (Å²) < 4.78 is 64.0. The third-order valence-corrected chi connectivity index (χ3v) is 8.98. The van der Waals surface area contributed by atoms with E-state index in [9.17, 15) is 32.3 Å². The van der Waals surface area contributed by atoms with Crippen LogP contribution in [0.15, 0.2) is 64.9 Å². The molecule has 4 aliphatic rings. The van der Waals surface area contributed by atoms with Gasteiger partial charge in [0.15, 0.2) is 0 Å². The molecule has 0 saturated heterocycles. The fraction of sp³-hybridized carbons (Fsp3) is 0.355. The number of aliphatic hydroxyl groups is 1. The van der Waals surface area contributed by atoms with Gasteiger partial charge < -0.3 is 26.2 Å². The number of hydrogen-bond acceptors (Lipinski definition) is 6. The number of quaternary nitrogens is 1. The number of fused-ring (bicyclic) bond motifs is 1. The molecule has 1 aromatic carbocycles. The Balaban J connectivity index is 1.40. The number of rotatable bonds is 9. The predicted octanol–water partition coefficient (Wildman–Crippen LogP) is 2.97. The molecule has 2 saturated carbocycles. The van der Waals surface area contributed by atoms with Gasteiger partial charge >= 0.3 is 6.18 Å². The van der Waals surface area contributed by atoms with Crippen LogP contribution in [0.3, 0.4) is 0 Å². The zero-order valence-electron chi connectivity index (χ0n) is 23.7. The number of allylic oxidation sites excluding steroid dienone is 3. The molecule has 2 amide bonds. The van der Waals surface area contributed by atoms with Crippen molar-refractivity contribution in [2.45, 2.75) is 48.9 Å². The van der Waals surface area contributed by atoms with Gasteiger partial charge in [-0.3, -0.25) is 15.0 Å². The molecule has 3 aliphatic carbocycles. The van der Waals surface area contributed by atoms with Crippen molar-refractivity contribution >= 4 is 29.1 Å². The number of nitrogens with two attached hydrogens (primary N) is 2. The second-order valence-corrected chi connectivity index (χ2v) is 12.2. The lowest BCUT2D eigenvalue weighted by Crippen LogP contribution is -2.80. The van der Waals surface area contributed by atoms with Crippen molar-refractivity contribution in [3.63, 3.8) is 0 Å². The molecule has 0 spiro atoms. The first-order chi connectivity index (χ1) is 21.2. The molecular formula is C31H29ClF4N5O4+. The first kappa shape index (κ1) is 30.9. The van der Waals surface area contributed by atoms with Crippen molar-refractivity contribution in [2.75, 3.05) is 13.2 Å². The summed E-state index contributed by atoms with van der Waals surface area (Å²) in [5.41, 5.74) is -0.0463. The van der Waals surface area contributed by atoms with Gasteiger partial charge in [0.25, 0.3) is 5.91 Å². The molecule has 1 aliphatic heterocycles. The molecule has 2 heterocycles. The number of halogens is 5. The number of alkyl halides is 3. The summed E-state index contributed by atoms with van der Waals surface area (Å²) in [6, 6.07) is 6.08. The first-order valence-electron chi connectivity index (χ1n) is 14.3. The molecule has 2 atom stereocenters. The van der Waals surface area contributed by atoms with Crippen molar-refractivity contribution < 1.29 is 42.3 Å². The van der Waals surface area contributed by atoms with Crippen LogP contribution in [-0.2, 0) is 20.6 Å². The molecule has 9 nitrogen and oxygen atoms in total. The minimum atomic E-state index is -5.36. The number of benzene rings is 1. The third-order valence-electron chi connectivity index (χ3n) is 8.68. The Morgan fingerprint density at radius 2 is 1.89 bits per heavy atom. The summed E-state index contributed by atoms with van der Waals surface area (Å²) in [4.78, 5) is 30.1. The van der Waals surface area contributed by atoms with Gasteiger partial charge in [0.2, 0.25) is 11.5 Å². The van der Waals surface area contributed by atoms with Gasteiger partial charge in [0.05, 0.1) is 34.6 Å². The number of amides is 2. The zero-order chi connectivity index (χ0) is 32.3. The highest BCUT2D eigenvalue weighted by atomic mass is 35.5. The maximum Gasteiger partial charge on any atom is 0.424 e. The summed E-state index contributed by atoms with van der Waals surface area (Å²) in [6.45, 7) is -1.58. The van der Waals surface area contributed by atoms with E-state index in [1.807, 2.05) is 5.32 Å². The van der Waals surface area contributed by atoms with Gasteiger partial charge in [-0.05, 0) is 61.2 Å². The Morgan fingerprint density at radius 3 is 2.49 bits per heavy atom. The second kappa shape index (κ2) is 11.1. The van der Waals surface area contributed by atoms with E-state index < -0.39 is 47.1 Å². The van der Waals surface area contributed by atoms with Crippen LogP contribution in [0.4, 0.5) is 17.6 Å². The standard InChI is InChI=1S/C31H28ClF4N5O4/c32-22-10-16(9-17(24(22)37)12-39-20-7-8-20)27(42)40-13-30(44,31(34,35)36)23-11-21-26(25(41-23)15-1-5-19(33)6-2-15)45-14-29(21,28(38)43)18-3-4-18/h1-2,5-6,9-12,18,20,37,39,44H,3-4,7-8,13-14H2,(H2,38,43)(H,40,42)/p+1/b17-12-,37-24?/t29-,30+/m1/s1. The summed E-state index contributed by atoms with van der Waals surface area (Å²) in [7, 11) is 0. The van der Waals surface area contributed by atoms with Crippen LogP contribution in [0.1, 0.15) is 36.9 Å². The monoisotopic (exact) mass is 646 g/mol. The average molecular weight is 647 g/mol. The highest BCUT2D eigenvalue weighted by Gasteiger charge is 2.60. The topological polar surface area (TPSA) is 155 Å². The van der Waals surface area contributed by atoms with Gasteiger partial charge in [-0.25, -0.2) is 9.37 Å². The number of hydrogen-bond donors (Lipinski definition) is 5. The first-order valence-corrected chi connectivity index (χ1v) is 14.7. The Kier molecular flexibility index (Phi) is 7.61. The molecule has 7 N–H and O–H groups in total. The van der Waals surface area contributed by atoms with Crippen LogP contribution >= 0.6 is 11.6 Å². The van der Waals surface area contributed by atoms with Crippen molar-refractivity contribution in [3.8, 4) is 17.0 Å². The number of primary amides is 1. The summed E-state index contributed by atoms with van der Waals surface area (Å²) in [5.74, 6) is -2.65. The zero-order valence-corrected chi connectivity index (χ0v) is 24.4. The largest absolute Gasteiger partial charge is 0.489 e. The summed E-state index contributed by atoms with van der Waals surface area (Å²) in [6.07, 6.45) is 1.96. The van der Waals surface area contributed by atoms with Gasteiger partial charge in [0.1, 0.15) is 35.5 Å². The van der Waals surface area contributed by atoms with E-state index in [-0.39, 0.29) is 51.4 Å². The Morgan fingerprint density at radius 1 is 1.20 bits per heavy atom. The average Bonchev–Trinajstić information content (AvgIpc) is 3.94. The highest BCUT2D eigenvalue weighted by molar-refractivity contribution is 6.47. The number of pyridine rings is 1. The van der Waals surface area contributed by atoms with Crippen molar-refractivity contribution in [3.05, 3.63) is 81.9 Å². The normalized spacial score (nSPS) is 23.5. The lowest BCUT2D eigenvalue weighted by atomic mass is 9.76. The van der Waals surface area contributed by atoms with Gasteiger partial charge in [-0.2, -0.15) is 13.2 Å². The van der Waals surface area contributed by atoms with E-state index in [4.69, 9.17) is 27.5 Å². The molecule has 0 radical (unpaired) electrons. The molecule has 0 unspecified atom stereocenters. The molecule has 2 aromatic rings. The van der Waals surface area contributed by atoms with Crippen LogP contribution in [-0.4, -0.2) is 53.0 Å². The molecular weight excluding hydrogens is 618 g/mol. The van der Waals surface area contributed by atoms with E-state index in [1.165, 1.54) is 18.2 Å². The number of carbonyl (C=O) groups excluding carboxylic acids is 2. The number of aromatic nitrogens is 1. The molecule has 45 heavy (non-hydrogen) atoms. The van der Waals surface area contributed by atoms with Crippen LogP contribution in [0.2, 0.25) is 0 Å². The van der Waals surface area contributed by atoms with Crippen LogP contribution in [0.5, 0.6) is 5.75 Å². The van der Waals surface area contributed by atoms with E-state index in [1.54, 1.807) is 6.20 Å². The molecule has 1 aromatic heterocycles. The second-order valence-electron chi connectivity index (χ2n) is 11.8. The maximum atomic E-state index is 14.8. The number of nitrogens with one attached hydrogen (secondary N) is 2. The predicted molar refractivity (Wildman–Crippen MR) is 154 cm³/mol. The molecule has 14 heteroatoms. The lowest BCUT2D eigenvalue weighted by molar-refractivity contribution is -0.602. The third kappa shape index (κ3) is 5.53. The lowest BCUT2D eigenvalue weighted by Gasteiger charge is -2.32. The maximum absolute atomic E-state index is 14.8. The minimum Gasteiger partial charge on any atom is -0.489 e. The molecule has 6 rings (SSSR count). The van der Waals surface area contributed by atoms with Crippen LogP contribution in [0, 0.1) is 17.1 Å². The van der Waals surface area contributed by atoms with Crippen molar-refractivity contribution in [1.82, 2.24) is 10.3 Å². The van der Waals surface area contributed by atoms with E-state index in [2.05, 4.69) is 10.3 Å². The molecule has 236 valence electrons. The fourth-order valence-electron chi connectivity index (χ4n) is 5.67. The van der Waals surface area contributed by atoms with E-state index in [0.29, 0.717) is 24.5 Å². The minimum absolute atomic E-state index is 0.0153. The highest BCUT2D eigenvalue weighted by Crippen LogP contribution is 2.56. The Bertz CT molecular complexity index is 1700. The summed E-state index contributed by atoms with van der Waals surface area (Å²) in [5, 5.41) is 23.5. The van der Waals surface area contributed by atoms with E-state index in [0.717, 1.165) is 37.1 Å². The Hall–Kier alpha value is -4.07. The number of nitrogens with zero attached hydrogens (tertiary/aromatic N) is 1. The van der Waals surface area contributed by atoms with Crippen molar-refractivity contribution in [2.24, 2.45) is 11.7 Å². The summed E-state index contributed by atoms with van der Waals surface area (Å²) >= 11 is 6.16. The Labute approximate surface area is 259 Å². The SMILES string of the molecule is N=C1C(Cl)=CC(C(=O)NC[C@](O)(c2cc3c(c(-c4ccc(F)cc4)n2)OC[C@@]3(C(N)=O)C2CC2)C(F)(F)F)=C/C1=C/[NH2+]C1CC1. The van der Waals surface area contributed by atoms with Gasteiger partial charge in [-0.15, -0.1) is 0 Å².